The van der Waals surface area contributed by atoms with Gasteiger partial charge in [-0.25, -0.2) is 4.90 Å². The molecule has 1 aliphatic rings. The average Bonchev–Trinajstić information content (AvgIpc) is 2.29. The lowest BCUT2D eigenvalue weighted by Gasteiger charge is -2.26. The number of rotatable bonds is 2. The van der Waals surface area contributed by atoms with Crippen LogP contribution >= 0.6 is 11.8 Å². The highest BCUT2D eigenvalue weighted by atomic mass is 32.2. The van der Waals surface area contributed by atoms with E-state index < -0.39 is 0 Å². The summed E-state index contributed by atoms with van der Waals surface area (Å²) in [6.07, 6.45) is 0. The number of carbonyl (C=O) groups is 2. The van der Waals surface area contributed by atoms with E-state index in [-0.39, 0.29) is 11.8 Å². The van der Waals surface area contributed by atoms with Crippen LogP contribution in [0.5, 0.6) is 0 Å². The number of nitrogens with two attached hydrogens (primary N) is 1. The fourth-order valence-electron chi connectivity index (χ4n) is 1.66. The lowest BCUT2D eigenvalue weighted by Crippen LogP contribution is -2.43. The summed E-state index contributed by atoms with van der Waals surface area (Å²) in [6.45, 7) is 0.320. The fraction of sp³-hybridized carbons (Fsp3) is 0.273. The van der Waals surface area contributed by atoms with Gasteiger partial charge >= 0.3 is 0 Å². The van der Waals surface area contributed by atoms with E-state index in [1.54, 1.807) is 12.1 Å². The van der Waals surface area contributed by atoms with Gasteiger partial charge in [-0.2, -0.15) is 0 Å². The van der Waals surface area contributed by atoms with Crippen LogP contribution in [0.3, 0.4) is 0 Å². The summed E-state index contributed by atoms with van der Waals surface area (Å²) < 4.78 is 0. The average molecular weight is 236 g/mol. The number of anilines is 1. The fourth-order valence-corrected chi connectivity index (χ4v) is 2.37. The number of amides is 2. The van der Waals surface area contributed by atoms with Crippen molar-refractivity contribution in [3.8, 4) is 0 Å². The molecule has 2 N–H and O–H groups in total. The zero-order valence-corrected chi connectivity index (χ0v) is 9.50. The van der Waals surface area contributed by atoms with E-state index in [9.17, 15) is 9.59 Å². The molecule has 84 valence electrons. The van der Waals surface area contributed by atoms with Crippen LogP contribution in [0.1, 0.15) is 5.56 Å². The monoisotopic (exact) mass is 236 g/mol. The van der Waals surface area contributed by atoms with Crippen molar-refractivity contribution in [2.75, 3.05) is 16.4 Å². The summed E-state index contributed by atoms with van der Waals surface area (Å²) in [7, 11) is 0. The minimum absolute atomic E-state index is 0.165. The van der Waals surface area contributed by atoms with Crippen LogP contribution in [0, 0.1) is 0 Å². The smallest absolute Gasteiger partial charge is 0.243 e. The second-order valence-electron chi connectivity index (χ2n) is 3.45. The van der Waals surface area contributed by atoms with Crippen LogP contribution in [-0.2, 0) is 16.1 Å². The summed E-state index contributed by atoms with van der Waals surface area (Å²) in [5.74, 6) is 0.374. The maximum Gasteiger partial charge on any atom is 0.243 e. The predicted molar refractivity (Wildman–Crippen MR) is 64.2 cm³/mol. The minimum Gasteiger partial charge on any atom is -0.326 e. The van der Waals surface area contributed by atoms with Crippen molar-refractivity contribution in [2.24, 2.45) is 5.73 Å². The zero-order valence-electron chi connectivity index (χ0n) is 8.68. The van der Waals surface area contributed by atoms with Gasteiger partial charge in [0.05, 0.1) is 17.2 Å². The molecule has 0 spiro atoms. The van der Waals surface area contributed by atoms with Crippen LogP contribution in [0.25, 0.3) is 0 Å². The molecule has 1 aliphatic heterocycles. The standard InChI is InChI=1S/C11H12N2O2S/c12-5-8-3-1-2-4-9(8)13-10(14)6-16-7-11(13)15/h1-4H,5-7,12H2. The highest BCUT2D eigenvalue weighted by Crippen LogP contribution is 2.24. The summed E-state index contributed by atoms with van der Waals surface area (Å²) in [5, 5.41) is 0. The Balaban J connectivity index is 2.41. The molecule has 4 nitrogen and oxygen atoms in total. The van der Waals surface area contributed by atoms with Gasteiger partial charge in [-0.1, -0.05) is 18.2 Å². The van der Waals surface area contributed by atoms with Crippen LogP contribution < -0.4 is 10.6 Å². The molecular formula is C11H12N2O2S. The zero-order chi connectivity index (χ0) is 11.5. The molecule has 1 aromatic carbocycles. The molecular weight excluding hydrogens is 224 g/mol. The van der Waals surface area contributed by atoms with Crippen molar-refractivity contribution in [3.05, 3.63) is 29.8 Å². The molecule has 0 radical (unpaired) electrons. The first-order valence-corrected chi connectivity index (χ1v) is 6.11. The maximum absolute atomic E-state index is 11.7. The number of thioether (sulfide) groups is 1. The number of imide groups is 1. The Bertz CT molecular complexity index is 418. The summed E-state index contributed by atoms with van der Waals surface area (Å²) in [5.41, 5.74) is 7.03. The van der Waals surface area contributed by atoms with Gasteiger partial charge in [0.25, 0.3) is 0 Å². The van der Waals surface area contributed by atoms with E-state index in [1.807, 2.05) is 12.1 Å². The number of carbonyl (C=O) groups excluding carboxylic acids is 2. The number of para-hydroxylation sites is 1. The number of nitrogens with zero attached hydrogens (tertiary/aromatic N) is 1. The van der Waals surface area contributed by atoms with Crippen molar-refractivity contribution in [2.45, 2.75) is 6.54 Å². The van der Waals surface area contributed by atoms with Gasteiger partial charge in [-0.05, 0) is 11.6 Å². The van der Waals surface area contributed by atoms with Crippen molar-refractivity contribution < 1.29 is 9.59 Å². The summed E-state index contributed by atoms with van der Waals surface area (Å²) in [6, 6.07) is 7.24. The highest BCUT2D eigenvalue weighted by Gasteiger charge is 2.28. The first-order valence-electron chi connectivity index (χ1n) is 4.95. The van der Waals surface area contributed by atoms with Gasteiger partial charge in [0, 0.05) is 6.54 Å². The number of benzene rings is 1. The third kappa shape index (κ3) is 1.96. The van der Waals surface area contributed by atoms with E-state index in [1.165, 1.54) is 16.7 Å². The van der Waals surface area contributed by atoms with Gasteiger partial charge in [0.2, 0.25) is 11.8 Å². The highest BCUT2D eigenvalue weighted by molar-refractivity contribution is 8.00. The lowest BCUT2D eigenvalue weighted by molar-refractivity contribution is -0.124. The second-order valence-corrected chi connectivity index (χ2v) is 4.43. The third-order valence-electron chi connectivity index (χ3n) is 2.40. The van der Waals surface area contributed by atoms with Gasteiger partial charge in [-0.15, -0.1) is 11.8 Å². The van der Waals surface area contributed by atoms with E-state index >= 15 is 0 Å². The second kappa shape index (κ2) is 4.67. The van der Waals surface area contributed by atoms with Crippen LogP contribution in [0.2, 0.25) is 0 Å². The van der Waals surface area contributed by atoms with E-state index in [0.29, 0.717) is 23.7 Å². The first kappa shape index (κ1) is 11.2. The van der Waals surface area contributed by atoms with E-state index in [2.05, 4.69) is 0 Å². The van der Waals surface area contributed by atoms with Crippen LogP contribution in [0.4, 0.5) is 5.69 Å². The van der Waals surface area contributed by atoms with Crippen LogP contribution in [-0.4, -0.2) is 23.3 Å². The van der Waals surface area contributed by atoms with Crippen molar-refractivity contribution in [1.29, 1.82) is 0 Å². The van der Waals surface area contributed by atoms with Gasteiger partial charge in [-0.3, -0.25) is 9.59 Å². The molecule has 1 saturated heterocycles. The summed E-state index contributed by atoms with van der Waals surface area (Å²) >= 11 is 1.35. The minimum atomic E-state index is -0.165. The predicted octanol–water partition coefficient (Wildman–Crippen LogP) is 0.752. The molecule has 1 fully saturated rings. The molecule has 0 aliphatic carbocycles. The van der Waals surface area contributed by atoms with Crippen molar-refractivity contribution in [3.63, 3.8) is 0 Å². The SMILES string of the molecule is NCc1ccccc1N1C(=O)CSCC1=O. The molecule has 5 heteroatoms. The Hall–Kier alpha value is -1.33. The molecule has 1 heterocycles. The Morgan fingerprint density at radius 3 is 2.44 bits per heavy atom. The van der Waals surface area contributed by atoms with Crippen LogP contribution in [0.15, 0.2) is 24.3 Å². The van der Waals surface area contributed by atoms with Gasteiger partial charge in [0.15, 0.2) is 0 Å². The molecule has 0 unspecified atom stereocenters. The first-order chi connectivity index (χ1) is 7.74. The van der Waals surface area contributed by atoms with Gasteiger partial charge in [0.1, 0.15) is 0 Å². The van der Waals surface area contributed by atoms with E-state index in [4.69, 9.17) is 5.73 Å². The van der Waals surface area contributed by atoms with Gasteiger partial charge < -0.3 is 5.73 Å². The molecule has 0 atom stereocenters. The number of hydrogen-bond donors (Lipinski definition) is 1. The Kier molecular flexibility index (Phi) is 3.26. The maximum atomic E-state index is 11.7. The number of hydrogen-bond acceptors (Lipinski definition) is 4. The topological polar surface area (TPSA) is 63.4 Å². The molecule has 2 amide bonds. The molecule has 2 rings (SSSR count). The third-order valence-corrected chi connectivity index (χ3v) is 3.30. The van der Waals surface area contributed by atoms with Crippen molar-refractivity contribution in [1.82, 2.24) is 0 Å². The van der Waals surface area contributed by atoms with Crippen molar-refractivity contribution >= 4 is 29.3 Å². The van der Waals surface area contributed by atoms with E-state index in [0.717, 1.165) is 5.56 Å². The molecule has 0 bridgehead atoms. The lowest BCUT2D eigenvalue weighted by atomic mass is 10.1. The Morgan fingerprint density at radius 2 is 1.81 bits per heavy atom. The summed E-state index contributed by atoms with van der Waals surface area (Å²) in [4.78, 5) is 24.7. The normalized spacial score (nSPS) is 16.7. The Labute approximate surface area is 97.8 Å². The molecule has 0 aromatic heterocycles. The Morgan fingerprint density at radius 1 is 1.19 bits per heavy atom. The molecule has 0 saturated carbocycles. The molecule has 16 heavy (non-hydrogen) atoms. The molecule has 1 aromatic rings. The largest absolute Gasteiger partial charge is 0.326 e. The quantitative estimate of drug-likeness (QED) is 0.770.